The number of aromatic nitrogens is 2. The van der Waals surface area contributed by atoms with Crippen molar-refractivity contribution in [3.63, 3.8) is 0 Å². The molecule has 0 aliphatic carbocycles. The van der Waals surface area contributed by atoms with Crippen molar-refractivity contribution in [2.75, 3.05) is 39.6 Å². The molecule has 0 radical (unpaired) electrons. The molecule has 238 valence electrons. The van der Waals surface area contributed by atoms with E-state index in [1.165, 1.54) is 6.07 Å². The van der Waals surface area contributed by atoms with Gasteiger partial charge in [0.05, 0.1) is 37.6 Å². The van der Waals surface area contributed by atoms with E-state index < -0.39 is 29.7 Å². The first-order valence-corrected chi connectivity index (χ1v) is 15.1. The summed E-state index contributed by atoms with van der Waals surface area (Å²) in [7, 11) is 0. The normalized spacial score (nSPS) is 16.3. The average molecular weight is 628 g/mol. The topological polar surface area (TPSA) is 169 Å². The maximum absolute atomic E-state index is 13.1. The van der Waals surface area contributed by atoms with Crippen molar-refractivity contribution in [1.29, 1.82) is 0 Å². The van der Waals surface area contributed by atoms with Crippen molar-refractivity contribution < 1.29 is 38.2 Å². The molecule has 0 saturated carbocycles. The van der Waals surface area contributed by atoms with Crippen molar-refractivity contribution in [1.82, 2.24) is 25.5 Å². The number of fused-ring (bicyclic) bond motifs is 4. The highest BCUT2D eigenvalue weighted by Gasteiger charge is 2.46. The monoisotopic (exact) mass is 627 g/mol. The highest BCUT2D eigenvalue weighted by atomic mass is 16.5. The summed E-state index contributed by atoms with van der Waals surface area (Å²) in [6, 6.07) is 11.8. The van der Waals surface area contributed by atoms with Crippen LogP contribution in [0.15, 0.2) is 54.9 Å². The number of benzene rings is 2. The molecule has 13 nitrogen and oxygen atoms in total. The van der Waals surface area contributed by atoms with Crippen LogP contribution in [0, 0.1) is 0 Å². The van der Waals surface area contributed by atoms with E-state index in [9.17, 15) is 24.0 Å². The van der Waals surface area contributed by atoms with Gasteiger partial charge in [-0.05, 0) is 42.7 Å². The highest BCUT2D eigenvalue weighted by molar-refractivity contribution is 6.24. The largest absolute Gasteiger partial charge is 0.490 e. The second-order valence-electron chi connectivity index (χ2n) is 11.0. The van der Waals surface area contributed by atoms with Crippen molar-refractivity contribution in [2.24, 2.45) is 0 Å². The standard InChI is InChI=1S/C33H33N5O8/c39-28(8-5-20-4-6-21-23-19-34-11-10-24(23)36-25(21)18-20)35-12-13-44-14-15-45-16-17-46-27-3-1-2-22-30(27)33(43)38(32(22)42)26-7-9-29(40)37-31(26)41/h1-4,6,10-11,18-19,26,36H,5,7-9,12-17H2,(H,35,39)(H,37,40,41). The molecule has 2 aromatic heterocycles. The number of H-pyrrole nitrogens is 1. The lowest BCUT2D eigenvalue weighted by atomic mass is 10.0. The second kappa shape index (κ2) is 13.9. The molecule has 6 rings (SSSR count). The molecular weight excluding hydrogens is 594 g/mol. The van der Waals surface area contributed by atoms with Crippen molar-refractivity contribution in [3.8, 4) is 5.75 Å². The second-order valence-corrected chi connectivity index (χ2v) is 11.0. The van der Waals surface area contributed by atoms with Crippen LogP contribution in [0.2, 0.25) is 0 Å². The molecule has 2 aliphatic rings. The Bertz CT molecular complexity index is 1820. The van der Waals surface area contributed by atoms with E-state index in [1.807, 2.05) is 18.3 Å². The van der Waals surface area contributed by atoms with Crippen molar-refractivity contribution in [2.45, 2.75) is 31.7 Å². The Kier molecular flexibility index (Phi) is 9.31. The third-order valence-corrected chi connectivity index (χ3v) is 7.96. The van der Waals surface area contributed by atoms with Crippen LogP contribution >= 0.6 is 0 Å². The molecule has 5 amide bonds. The van der Waals surface area contributed by atoms with Gasteiger partial charge in [-0.1, -0.05) is 18.2 Å². The molecule has 1 unspecified atom stereocenters. The Balaban J connectivity index is 0.847. The van der Waals surface area contributed by atoms with Crippen LogP contribution in [-0.4, -0.2) is 90.0 Å². The van der Waals surface area contributed by atoms with E-state index >= 15 is 0 Å². The van der Waals surface area contributed by atoms with E-state index in [4.69, 9.17) is 14.2 Å². The van der Waals surface area contributed by atoms with Gasteiger partial charge in [-0.3, -0.25) is 39.2 Å². The first-order valence-electron chi connectivity index (χ1n) is 15.1. The number of aromatic amines is 1. The maximum Gasteiger partial charge on any atom is 0.266 e. The predicted octanol–water partition coefficient (Wildman–Crippen LogP) is 2.28. The van der Waals surface area contributed by atoms with Gasteiger partial charge in [-0.25, -0.2) is 0 Å². The Labute approximate surface area is 263 Å². The Morgan fingerprint density at radius 3 is 2.61 bits per heavy atom. The average Bonchev–Trinajstić information content (AvgIpc) is 3.55. The van der Waals surface area contributed by atoms with Gasteiger partial charge in [0.15, 0.2) is 0 Å². The van der Waals surface area contributed by atoms with Crippen molar-refractivity contribution in [3.05, 3.63) is 71.5 Å². The fourth-order valence-corrected chi connectivity index (χ4v) is 5.69. The Morgan fingerprint density at radius 1 is 0.935 bits per heavy atom. The van der Waals surface area contributed by atoms with Gasteiger partial charge < -0.3 is 24.5 Å². The summed E-state index contributed by atoms with van der Waals surface area (Å²) < 4.78 is 16.8. The quantitative estimate of drug-likeness (QED) is 0.140. The number of ether oxygens (including phenoxy) is 3. The zero-order chi connectivity index (χ0) is 32.0. The maximum atomic E-state index is 13.1. The van der Waals surface area contributed by atoms with Gasteiger partial charge >= 0.3 is 0 Å². The number of hydrogen-bond donors (Lipinski definition) is 3. The van der Waals surface area contributed by atoms with Crippen LogP contribution in [0.3, 0.4) is 0 Å². The number of carbonyl (C=O) groups excluding carboxylic acids is 5. The molecule has 4 heterocycles. The summed E-state index contributed by atoms with van der Waals surface area (Å²) in [5.74, 6) is -2.15. The van der Waals surface area contributed by atoms with E-state index in [0.717, 1.165) is 32.3 Å². The number of rotatable bonds is 14. The molecule has 13 heteroatoms. The highest BCUT2D eigenvalue weighted by Crippen LogP contribution is 2.33. The lowest BCUT2D eigenvalue weighted by molar-refractivity contribution is -0.136. The minimum atomic E-state index is -1.04. The molecule has 1 fully saturated rings. The number of piperidine rings is 1. The number of hydrogen-bond acceptors (Lipinski definition) is 9. The van der Waals surface area contributed by atoms with Gasteiger partial charge in [0.25, 0.3) is 11.8 Å². The molecule has 0 spiro atoms. The summed E-state index contributed by atoms with van der Waals surface area (Å²) in [4.78, 5) is 70.6. The SMILES string of the molecule is O=C(CCc1ccc2c(c1)[nH]c1ccncc12)NCCOCCOCCOc1cccc2c1C(=O)N(C1CCC(=O)NC1=O)C2=O. The molecular formula is C33H33N5O8. The number of imide groups is 2. The van der Waals surface area contributed by atoms with Gasteiger partial charge in [-0.15, -0.1) is 0 Å². The van der Waals surface area contributed by atoms with Crippen LogP contribution < -0.4 is 15.4 Å². The zero-order valence-corrected chi connectivity index (χ0v) is 25.0. The zero-order valence-electron chi connectivity index (χ0n) is 25.0. The third-order valence-electron chi connectivity index (χ3n) is 7.96. The van der Waals surface area contributed by atoms with Crippen LogP contribution in [0.25, 0.3) is 21.8 Å². The van der Waals surface area contributed by atoms with Crippen molar-refractivity contribution >= 4 is 51.3 Å². The molecule has 2 aromatic carbocycles. The predicted molar refractivity (Wildman–Crippen MR) is 165 cm³/mol. The molecule has 46 heavy (non-hydrogen) atoms. The van der Waals surface area contributed by atoms with E-state index in [0.29, 0.717) is 39.2 Å². The molecule has 0 bridgehead atoms. The smallest absolute Gasteiger partial charge is 0.266 e. The summed E-state index contributed by atoms with van der Waals surface area (Å²) in [5, 5.41) is 7.23. The number of pyridine rings is 1. The summed E-state index contributed by atoms with van der Waals surface area (Å²) in [6.07, 6.45) is 4.72. The first kappa shape index (κ1) is 30.9. The molecule has 3 N–H and O–H groups in total. The van der Waals surface area contributed by atoms with Gasteiger partial charge in [-0.2, -0.15) is 0 Å². The summed E-state index contributed by atoms with van der Waals surface area (Å²) in [5.41, 5.74) is 3.38. The number of aryl methyl sites for hydroxylation is 1. The fourth-order valence-electron chi connectivity index (χ4n) is 5.69. The molecule has 1 atom stereocenters. The summed E-state index contributed by atoms with van der Waals surface area (Å²) in [6.45, 7) is 1.69. The number of carbonyl (C=O) groups is 5. The molecule has 4 aromatic rings. The van der Waals surface area contributed by atoms with E-state index in [-0.39, 0.29) is 48.8 Å². The van der Waals surface area contributed by atoms with Crippen LogP contribution in [-0.2, 0) is 30.3 Å². The van der Waals surface area contributed by atoms with Gasteiger partial charge in [0, 0.05) is 53.6 Å². The first-order chi connectivity index (χ1) is 22.4. The minimum absolute atomic E-state index is 0.0479. The lowest BCUT2D eigenvalue weighted by Gasteiger charge is -2.27. The Hall–Kier alpha value is -5.14. The minimum Gasteiger partial charge on any atom is -0.490 e. The van der Waals surface area contributed by atoms with Gasteiger partial charge in [0.2, 0.25) is 17.7 Å². The summed E-state index contributed by atoms with van der Waals surface area (Å²) >= 11 is 0. The fraction of sp³-hybridized carbons (Fsp3) is 0.333. The van der Waals surface area contributed by atoms with E-state index in [2.05, 4.69) is 32.7 Å². The van der Waals surface area contributed by atoms with Crippen LogP contribution in [0.5, 0.6) is 5.75 Å². The van der Waals surface area contributed by atoms with Gasteiger partial charge in [0.1, 0.15) is 18.4 Å². The third kappa shape index (κ3) is 6.60. The number of nitrogens with zero attached hydrogens (tertiary/aromatic N) is 2. The number of nitrogens with one attached hydrogen (secondary N) is 3. The van der Waals surface area contributed by atoms with E-state index in [1.54, 1.807) is 18.3 Å². The van der Waals surface area contributed by atoms with Crippen LogP contribution in [0.1, 0.15) is 45.5 Å². The Morgan fingerprint density at radius 2 is 1.76 bits per heavy atom. The molecule has 1 saturated heterocycles. The number of amides is 5. The lowest BCUT2D eigenvalue weighted by Crippen LogP contribution is -2.54. The molecule has 2 aliphatic heterocycles. The van der Waals surface area contributed by atoms with Crippen LogP contribution in [0.4, 0.5) is 0 Å².